The molecule has 2 N–H and O–H groups in total. The second kappa shape index (κ2) is 4.21. The number of furan rings is 1. The van der Waals surface area contributed by atoms with Crippen LogP contribution in [0.5, 0.6) is 0 Å². The van der Waals surface area contributed by atoms with Gasteiger partial charge in [0.2, 0.25) is 0 Å². The molecule has 1 aliphatic carbocycles. The molecule has 0 aliphatic heterocycles. The molecule has 4 heteroatoms. The number of H-pyrrole nitrogens is 1. The van der Waals surface area contributed by atoms with Gasteiger partial charge in [0.05, 0.1) is 23.9 Å². The molecule has 102 valence electrons. The normalized spacial score (nSPS) is 17.2. The van der Waals surface area contributed by atoms with Crippen molar-refractivity contribution in [3.05, 3.63) is 42.5 Å². The zero-order valence-electron chi connectivity index (χ0n) is 11.1. The van der Waals surface area contributed by atoms with Gasteiger partial charge in [-0.15, -0.1) is 0 Å². The summed E-state index contributed by atoms with van der Waals surface area (Å²) >= 11 is 0. The van der Waals surface area contributed by atoms with Crippen LogP contribution in [-0.2, 0) is 5.41 Å². The van der Waals surface area contributed by atoms with Crippen molar-refractivity contribution in [2.24, 2.45) is 0 Å². The third kappa shape index (κ3) is 1.55. The lowest BCUT2D eigenvalue weighted by Crippen LogP contribution is -2.39. The Balaban J connectivity index is 1.78. The molecule has 1 aromatic carbocycles. The van der Waals surface area contributed by atoms with Gasteiger partial charge in [0.15, 0.2) is 0 Å². The van der Waals surface area contributed by atoms with Gasteiger partial charge in [0.25, 0.3) is 0 Å². The number of hydrogen-bond acceptors (Lipinski definition) is 3. The quantitative estimate of drug-likeness (QED) is 0.766. The first kappa shape index (κ1) is 11.7. The first-order chi connectivity index (χ1) is 9.82. The highest BCUT2D eigenvalue weighted by Crippen LogP contribution is 2.42. The molecule has 2 heterocycles. The van der Waals surface area contributed by atoms with Crippen molar-refractivity contribution >= 4 is 11.0 Å². The predicted octanol–water partition coefficient (Wildman–Crippen LogP) is 3.24. The van der Waals surface area contributed by atoms with Gasteiger partial charge in [-0.25, -0.2) is 4.98 Å². The van der Waals surface area contributed by atoms with Gasteiger partial charge in [-0.3, -0.25) is 0 Å². The van der Waals surface area contributed by atoms with Crippen LogP contribution in [-0.4, -0.2) is 21.7 Å². The summed E-state index contributed by atoms with van der Waals surface area (Å²) in [5.41, 5.74) is 2.69. The van der Waals surface area contributed by atoms with E-state index in [4.69, 9.17) is 4.42 Å². The molecule has 1 fully saturated rings. The van der Waals surface area contributed by atoms with Crippen molar-refractivity contribution in [1.29, 1.82) is 0 Å². The molecule has 0 unspecified atom stereocenters. The van der Waals surface area contributed by atoms with Crippen LogP contribution in [0.3, 0.4) is 0 Å². The number of nitrogens with one attached hydrogen (secondary N) is 1. The van der Waals surface area contributed by atoms with Crippen LogP contribution >= 0.6 is 0 Å². The van der Waals surface area contributed by atoms with E-state index in [9.17, 15) is 5.11 Å². The minimum Gasteiger partial charge on any atom is -0.464 e. The van der Waals surface area contributed by atoms with E-state index >= 15 is 0 Å². The molecule has 3 aromatic rings. The van der Waals surface area contributed by atoms with Crippen molar-refractivity contribution in [2.75, 3.05) is 6.61 Å². The van der Waals surface area contributed by atoms with E-state index in [0.717, 1.165) is 47.3 Å². The summed E-state index contributed by atoms with van der Waals surface area (Å²) in [6.45, 7) is 0.159. The number of imidazole rings is 1. The van der Waals surface area contributed by atoms with Crippen LogP contribution in [0.2, 0.25) is 0 Å². The van der Waals surface area contributed by atoms with Gasteiger partial charge in [-0.05, 0) is 18.9 Å². The SMILES string of the molecule is OCC1(c2ncc(-c3coc4ccccc34)[nH]2)CCC1. The summed E-state index contributed by atoms with van der Waals surface area (Å²) in [5, 5.41) is 10.7. The van der Waals surface area contributed by atoms with E-state index in [1.807, 2.05) is 30.5 Å². The summed E-state index contributed by atoms with van der Waals surface area (Å²) in [7, 11) is 0. The zero-order chi connectivity index (χ0) is 13.6. The fourth-order valence-electron chi connectivity index (χ4n) is 2.99. The van der Waals surface area contributed by atoms with E-state index in [-0.39, 0.29) is 12.0 Å². The molecular weight excluding hydrogens is 252 g/mol. The third-order valence-electron chi connectivity index (χ3n) is 4.46. The largest absolute Gasteiger partial charge is 0.464 e. The highest BCUT2D eigenvalue weighted by atomic mass is 16.3. The number of hydrogen-bond donors (Lipinski definition) is 2. The van der Waals surface area contributed by atoms with E-state index < -0.39 is 0 Å². The Morgan fingerprint density at radius 2 is 2.15 bits per heavy atom. The molecule has 0 spiro atoms. The van der Waals surface area contributed by atoms with Crippen LogP contribution in [0.15, 0.2) is 41.1 Å². The molecule has 0 radical (unpaired) electrons. The number of aliphatic hydroxyl groups is 1. The lowest BCUT2D eigenvalue weighted by atomic mass is 9.69. The van der Waals surface area contributed by atoms with Crippen molar-refractivity contribution in [2.45, 2.75) is 24.7 Å². The predicted molar refractivity (Wildman–Crippen MR) is 76.4 cm³/mol. The highest BCUT2D eigenvalue weighted by Gasteiger charge is 2.40. The number of fused-ring (bicyclic) bond motifs is 1. The lowest BCUT2D eigenvalue weighted by molar-refractivity contribution is 0.113. The molecule has 0 amide bonds. The summed E-state index contributed by atoms with van der Waals surface area (Å²) in [6.07, 6.45) is 6.76. The smallest absolute Gasteiger partial charge is 0.134 e. The third-order valence-corrected chi connectivity index (χ3v) is 4.46. The van der Waals surface area contributed by atoms with Crippen LogP contribution in [0.25, 0.3) is 22.2 Å². The number of para-hydroxylation sites is 1. The van der Waals surface area contributed by atoms with Gasteiger partial charge in [-0.2, -0.15) is 0 Å². The topological polar surface area (TPSA) is 62.1 Å². The number of aliphatic hydroxyl groups excluding tert-OH is 1. The zero-order valence-corrected chi connectivity index (χ0v) is 11.1. The molecule has 0 atom stereocenters. The second-order valence-corrected chi connectivity index (χ2v) is 5.58. The Labute approximate surface area is 116 Å². The molecule has 1 aliphatic rings. The molecule has 4 nitrogen and oxygen atoms in total. The molecule has 4 rings (SSSR count). The van der Waals surface area contributed by atoms with Gasteiger partial charge in [0, 0.05) is 10.9 Å². The summed E-state index contributed by atoms with van der Waals surface area (Å²) in [5.74, 6) is 0.895. The van der Waals surface area contributed by atoms with Crippen molar-refractivity contribution in [3.63, 3.8) is 0 Å². The molecule has 0 saturated heterocycles. The first-order valence-electron chi connectivity index (χ1n) is 6.95. The molecular formula is C16H16N2O2. The molecule has 2 aromatic heterocycles. The fraction of sp³-hybridized carbons (Fsp3) is 0.312. The number of aromatic amines is 1. The minimum absolute atomic E-state index is 0.155. The summed E-state index contributed by atoms with van der Waals surface area (Å²) in [4.78, 5) is 7.86. The van der Waals surface area contributed by atoms with E-state index in [1.54, 1.807) is 6.26 Å². The summed E-state index contributed by atoms with van der Waals surface area (Å²) in [6, 6.07) is 7.96. The van der Waals surface area contributed by atoms with Crippen molar-refractivity contribution in [1.82, 2.24) is 9.97 Å². The van der Waals surface area contributed by atoms with Gasteiger partial charge in [0.1, 0.15) is 17.7 Å². The average Bonchev–Trinajstić information content (AvgIpc) is 3.04. The monoisotopic (exact) mass is 268 g/mol. The Morgan fingerprint density at radius 3 is 2.90 bits per heavy atom. The Bertz CT molecular complexity index is 747. The standard InChI is InChI=1S/C16H16N2O2/c19-10-16(6-3-7-16)15-17-8-13(18-15)12-9-20-14-5-2-1-4-11(12)14/h1-2,4-5,8-9,19H,3,6-7,10H2,(H,17,18). The Kier molecular flexibility index (Phi) is 2.47. The first-order valence-corrected chi connectivity index (χ1v) is 6.95. The lowest BCUT2D eigenvalue weighted by Gasteiger charge is -2.38. The highest BCUT2D eigenvalue weighted by molar-refractivity contribution is 5.92. The van der Waals surface area contributed by atoms with Crippen LogP contribution in [0, 0.1) is 0 Å². The van der Waals surface area contributed by atoms with Gasteiger partial charge < -0.3 is 14.5 Å². The van der Waals surface area contributed by atoms with Crippen LogP contribution in [0.4, 0.5) is 0 Å². The number of aromatic nitrogens is 2. The van der Waals surface area contributed by atoms with E-state index in [2.05, 4.69) is 9.97 Å². The minimum atomic E-state index is -0.155. The maximum absolute atomic E-state index is 9.62. The van der Waals surface area contributed by atoms with Crippen molar-refractivity contribution in [3.8, 4) is 11.3 Å². The number of nitrogens with zero attached hydrogens (tertiary/aromatic N) is 1. The fourth-order valence-corrected chi connectivity index (χ4v) is 2.99. The Morgan fingerprint density at radius 1 is 1.30 bits per heavy atom. The van der Waals surface area contributed by atoms with Crippen LogP contribution < -0.4 is 0 Å². The van der Waals surface area contributed by atoms with Crippen molar-refractivity contribution < 1.29 is 9.52 Å². The van der Waals surface area contributed by atoms with Gasteiger partial charge in [-0.1, -0.05) is 24.6 Å². The number of benzene rings is 1. The molecule has 1 saturated carbocycles. The number of rotatable bonds is 3. The molecule has 20 heavy (non-hydrogen) atoms. The van der Waals surface area contributed by atoms with Gasteiger partial charge >= 0.3 is 0 Å². The summed E-state index contributed by atoms with van der Waals surface area (Å²) < 4.78 is 5.57. The van der Waals surface area contributed by atoms with Crippen LogP contribution in [0.1, 0.15) is 25.1 Å². The Hall–Kier alpha value is -2.07. The van der Waals surface area contributed by atoms with E-state index in [1.165, 1.54) is 0 Å². The maximum Gasteiger partial charge on any atom is 0.134 e. The maximum atomic E-state index is 9.62. The average molecular weight is 268 g/mol. The van der Waals surface area contributed by atoms with E-state index in [0.29, 0.717) is 0 Å². The molecule has 0 bridgehead atoms. The second-order valence-electron chi connectivity index (χ2n) is 5.58.